The van der Waals surface area contributed by atoms with Crippen LogP contribution in [0.4, 0.5) is 5.82 Å². The van der Waals surface area contributed by atoms with Gasteiger partial charge in [-0.1, -0.05) is 30.3 Å². The van der Waals surface area contributed by atoms with E-state index in [-0.39, 0.29) is 25.1 Å². The van der Waals surface area contributed by atoms with Crippen molar-refractivity contribution in [1.29, 1.82) is 0 Å². The fraction of sp³-hybridized carbons (Fsp3) is 0.235. The van der Waals surface area contributed by atoms with Crippen LogP contribution in [0.25, 0.3) is 6.08 Å². The summed E-state index contributed by atoms with van der Waals surface area (Å²) in [6.07, 6.45) is 5.49. The molecule has 9 heteroatoms. The highest BCUT2D eigenvalue weighted by Gasteiger charge is 2.08. The first-order chi connectivity index (χ1) is 12.2. The highest BCUT2D eigenvalue weighted by molar-refractivity contribution is 5.90. The topological polar surface area (TPSA) is 117 Å². The summed E-state index contributed by atoms with van der Waals surface area (Å²) < 4.78 is 5.60. The number of hydroxylamine groups is 1. The van der Waals surface area contributed by atoms with Gasteiger partial charge < -0.3 is 15.2 Å². The van der Waals surface area contributed by atoms with Crippen LogP contribution >= 0.6 is 12.4 Å². The average molecular weight is 381 g/mol. The Morgan fingerprint density at radius 3 is 2.62 bits per heavy atom. The van der Waals surface area contributed by atoms with Crippen LogP contribution in [-0.4, -0.2) is 45.4 Å². The molecule has 0 saturated heterocycles. The van der Waals surface area contributed by atoms with Crippen LogP contribution in [0.2, 0.25) is 0 Å². The lowest BCUT2D eigenvalue weighted by Gasteiger charge is -2.17. The highest BCUT2D eigenvalue weighted by Crippen LogP contribution is 2.06. The van der Waals surface area contributed by atoms with Gasteiger partial charge in [0.25, 0.3) is 5.91 Å². The van der Waals surface area contributed by atoms with Crippen LogP contribution in [0, 0.1) is 0 Å². The number of ether oxygens (including phenoxy) is 1. The van der Waals surface area contributed by atoms with Gasteiger partial charge in [0.1, 0.15) is 5.82 Å². The molecule has 0 saturated carbocycles. The molecule has 1 aromatic carbocycles. The van der Waals surface area contributed by atoms with Crippen LogP contribution in [0.5, 0.6) is 0 Å². The Morgan fingerprint density at radius 2 is 2.00 bits per heavy atom. The van der Waals surface area contributed by atoms with Gasteiger partial charge in [0.2, 0.25) is 0 Å². The van der Waals surface area contributed by atoms with Crippen LogP contribution in [-0.2, 0) is 16.1 Å². The van der Waals surface area contributed by atoms with Crippen molar-refractivity contribution in [2.45, 2.75) is 12.6 Å². The minimum Gasteiger partial charge on any atom is -0.394 e. The Bertz CT molecular complexity index is 683. The van der Waals surface area contributed by atoms with Crippen molar-refractivity contribution in [3.05, 3.63) is 60.1 Å². The summed E-state index contributed by atoms with van der Waals surface area (Å²) in [5, 5.41) is 20.9. The summed E-state index contributed by atoms with van der Waals surface area (Å²) in [7, 11) is 0. The van der Waals surface area contributed by atoms with Crippen molar-refractivity contribution in [1.82, 2.24) is 15.4 Å². The number of carbonyl (C=O) groups is 1. The molecule has 0 unspecified atom stereocenters. The monoisotopic (exact) mass is 380 g/mol. The van der Waals surface area contributed by atoms with Gasteiger partial charge in [-0.3, -0.25) is 15.0 Å². The van der Waals surface area contributed by atoms with Crippen LogP contribution in [0.3, 0.4) is 0 Å². The number of nitrogens with one attached hydrogen (secondary N) is 2. The lowest BCUT2D eigenvalue weighted by atomic mass is 10.2. The molecule has 1 amide bonds. The number of aromatic nitrogens is 2. The van der Waals surface area contributed by atoms with Crippen molar-refractivity contribution in [2.24, 2.45) is 0 Å². The molecule has 0 aliphatic carbocycles. The molecule has 140 valence electrons. The van der Waals surface area contributed by atoms with E-state index in [0.717, 1.165) is 11.6 Å². The second-order valence-electron chi connectivity index (χ2n) is 5.16. The molecule has 1 aromatic heterocycles. The summed E-state index contributed by atoms with van der Waals surface area (Å²) in [6, 6.07) is 9.44. The number of hydrogen-bond acceptors (Lipinski definition) is 7. The maximum atomic E-state index is 10.9. The molecule has 0 radical (unpaired) electrons. The number of amides is 1. The lowest BCUT2D eigenvalue weighted by Crippen LogP contribution is -2.29. The third-order valence-corrected chi connectivity index (χ3v) is 3.19. The number of nitrogens with zero attached hydrogens (tertiary/aromatic N) is 2. The van der Waals surface area contributed by atoms with E-state index in [2.05, 4.69) is 15.3 Å². The highest BCUT2D eigenvalue weighted by atomic mass is 35.5. The predicted molar refractivity (Wildman–Crippen MR) is 98.8 cm³/mol. The summed E-state index contributed by atoms with van der Waals surface area (Å²) in [6.45, 7) is 0.654. The molecular formula is C17H21ClN4O4. The van der Waals surface area contributed by atoms with E-state index in [4.69, 9.17) is 9.94 Å². The number of benzene rings is 1. The van der Waals surface area contributed by atoms with Gasteiger partial charge in [0.05, 0.1) is 44.0 Å². The number of rotatable bonds is 9. The van der Waals surface area contributed by atoms with E-state index in [1.165, 1.54) is 23.9 Å². The maximum absolute atomic E-state index is 10.9. The second kappa shape index (κ2) is 11.9. The Labute approximate surface area is 157 Å². The first kappa shape index (κ1) is 21.5. The van der Waals surface area contributed by atoms with E-state index >= 15 is 0 Å². The quantitative estimate of drug-likeness (QED) is 0.295. The first-order valence-corrected chi connectivity index (χ1v) is 7.64. The van der Waals surface area contributed by atoms with Gasteiger partial charge in [-0.25, -0.2) is 10.5 Å². The normalized spacial score (nSPS) is 11.6. The lowest BCUT2D eigenvalue weighted by molar-refractivity contribution is -0.124. The number of carbonyl (C=O) groups excluding carboxylic acids is 1. The average Bonchev–Trinajstić information content (AvgIpc) is 2.67. The first-order valence-electron chi connectivity index (χ1n) is 7.64. The zero-order chi connectivity index (χ0) is 17.9. The van der Waals surface area contributed by atoms with Crippen molar-refractivity contribution >= 4 is 30.2 Å². The van der Waals surface area contributed by atoms with Crippen molar-refractivity contribution in [3.8, 4) is 0 Å². The third-order valence-electron chi connectivity index (χ3n) is 3.19. The Balaban J connectivity index is 0.00000338. The minimum atomic E-state index is -0.653. The Morgan fingerprint density at radius 1 is 1.23 bits per heavy atom. The van der Waals surface area contributed by atoms with E-state index in [0.29, 0.717) is 24.7 Å². The molecule has 8 nitrogen and oxygen atoms in total. The van der Waals surface area contributed by atoms with Gasteiger partial charge in [-0.05, 0) is 11.6 Å². The Kier molecular flexibility index (Phi) is 9.88. The largest absolute Gasteiger partial charge is 0.394 e. The fourth-order valence-electron chi connectivity index (χ4n) is 1.94. The zero-order valence-corrected chi connectivity index (χ0v) is 14.7. The number of aliphatic hydroxyl groups excluding tert-OH is 1. The zero-order valence-electron chi connectivity index (χ0n) is 13.9. The van der Waals surface area contributed by atoms with Crippen molar-refractivity contribution in [2.75, 3.05) is 18.5 Å². The molecule has 1 atom stereocenters. The van der Waals surface area contributed by atoms with Gasteiger partial charge in [-0.2, -0.15) is 0 Å². The maximum Gasteiger partial charge on any atom is 0.267 e. The van der Waals surface area contributed by atoms with Gasteiger partial charge >= 0.3 is 0 Å². The fourth-order valence-corrected chi connectivity index (χ4v) is 1.94. The van der Waals surface area contributed by atoms with E-state index in [1.54, 1.807) is 0 Å². The smallest absolute Gasteiger partial charge is 0.267 e. The summed E-state index contributed by atoms with van der Waals surface area (Å²) in [5.41, 5.74) is 2.99. The van der Waals surface area contributed by atoms with Crippen LogP contribution < -0.4 is 10.8 Å². The molecule has 0 aliphatic heterocycles. The molecule has 2 aromatic rings. The van der Waals surface area contributed by atoms with Crippen molar-refractivity contribution < 1.29 is 19.8 Å². The second-order valence-corrected chi connectivity index (χ2v) is 5.16. The number of halogens is 1. The van der Waals surface area contributed by atoms with E-state index in [1.807, 2.05) is 30.3 Å². The molecular weight excluding hydrogens is 360 g/mol. The molecule has 0 spiro atoms. The van der Waals surface area contributed by atoms with E-state index < -0.39 is 5.91 Å². The molecule has 0 bridgehead atoms. The summed E-state index contributed by atoms with van der Waals surface area (Å²) in [4.78, 5) is 19.1. The molecule has 2 rings (SSSR count). The molecule has 26 heavy (non-hydrogen) atoms. The molecule has 4 N–H and O–H groups in total. The van der Waals surface area contributed by atoms with Gasteiger partial charge in [0.15, 0.2) is 0 Å². The number of aliphatic hydroxyl groups is 1. The van der Waals surface area contributed by atoms with Crippen LogP contribution in [0.15, 0.2) is 48.8 Å². The molecule has 0 fully saturated rings. The standard InChI is InChI=1S/C17H20N4O4.ClH/c22-10-15(12-25-11-13-4-2-1-3-5-13)20-16-9-18-14(8-19-16)6-7-17(23)21-24;/h1-9,15,22,24H,10-12H2,(H,19,20)(H,21,23);1H/b7-6+;/t15-;/m1./s1. The molecule has 0 aliphatic rings. The predicted octanol–water partition coefficient (Wildman–Crippen LogP) is 1.41. The Hall–Kier alpha value is -2.52. The van der Waals surface area contributed by atoms with Crippen LogP contribution in [0.1, 0.15) is 11.3 Å². The molecule has 1 heterocycles. The SMILES string of the molecule is Cl.O=C(/C=C/c1cnc(N[C@H](CO)COCc2ccccc2)cn1)NO. The van der Waals surface area contributed by atoms with Crippen molar-refractivity contribution in [3.63, 3.8) is 0 Å². The third kappa shape index (κ3) is 7.58. The minimum absolute atomic E-state index is 0. The number of anilines is 1. The van der Waals surface area contributed by atoms with Gasteiger partial charge in [0, 0.05) is 6.08 Å². The van der Waals surface area contributed by atoms with Gasteiger partial charge in [-0.15, -0.1) is 12.4 Å². The summed E-state index contributed by atoms with van der Waals surface area (Å²) in [5.74, 6) is -0.175. The van der Waals surface area contributed by atoms with E-state index in [9.17, 15) is 9.90 Å². The summed E-state index contributed by atoms with van der Waals surface area (Å²) >= 11 is 0. The number of hydrogen-bond donors (Lipinski definition) is 4.